The van der Waals surface area contributed by atoms with E-state index in [2.05, 4.69) is 45.5 Å². The number of alkyl halides is 1. The van der Waals surface area contributed by atoms with Gasteiger partial charge < -0.3 is 5.32 Å². The molecule has 3 aromatic rings. The van der Waals surface area contributed by atoms with Crippen molar-refractivity contribution >= 4 is 62.3 Å². The molecule has 1 fully saturated rings. The molecule has 0 spiro atoms. The summed E-state index contributed by atoms with van der Waals surface area (Å²) in [5.41, 5.74) is 3.57. The average Bonchev–Trinajstić information content (AvgIpc) is 3.10. The number of anilines is 1. The number of rotatable bonds is 4. The molecule has 4 nitrogen and oxygen atoms in total. The molecule has 5 rings (SSSR count). The second kappa shape index (κ2) is 8.90. The Bertz CT molecular complexity index is 1180. The number of para-hydroxylation sites is 1. The van der Waals surface area contributed by atoms with Crippen LogP contribution >= 0.6 is 50.9 Å². The average molecular weight is 550 g/mol. The monoisotopic (exact) mass is 548 g/mol. The molecule has 1 aliphatic heterocycles. The van der Waals surface area contributed by atoms with E-state index in [1.54, 1.807) is 12.1 Å². The van der Waals surface area contributed by atoms with Crippen molar-refractivity contribution in [1.82, 2.24) is 0 Å². The van der Waals surface area contributed by atoms with Crippen LogP contribution in [0.3, 0.4) is 0 Å². The summed E-state index contributed by atoms with van der Waals surface area (Å²) in [5.74, 6) is 0.382. The molecule has 8 heteroatoms. The number of nitrogens with one attached hydrogen (secondary N) is 1. The fourth-order valence-electron chi connectivity index (χ4n) is 4.96. The van der Waals surface area contributed by atoms with Crippen molar-refractivity contribution < 1.29 is 4.92 Å². The van der Waals surface area contributed by atoms with Crippen LogP contribution < -0.4 is 5.32 Å². The predicted molar refractivity (Wildman–Crippen MR) is 135 cm³/mol. The lowest BCUT2D eigenvalue weighted by Gasteiger charge is -2.38. The highest BCUT2D eigenvalue weighted by Crippen LogP contribution is 2.58. The number of halogens is 3. The maximum atomic E-state index is 11.5. The van der Waals surface area contributed by atoms with Crippen LogP contribution in [0.2, 0.25) is 5.02 Å². The lowest BCUT2D eigenvalue weighted by molar-refractivity contribution is -0.387. The molecule has 0 aromatic heterocycles. The molecule has 2 aliphatic rings. The third kappa shape index (κ3) is 4.03. The van der Waals surface area contributed by atoms with Crippen LogP contribution in [0.5, 0.6) is 0 Å². The fraction of sp³-hybridized carbons (Fsp3) is 0.250. The molecule has 1 saturated carbocycles. The van der Waals surface area contributed by atoms with Crippen LogP contribution in [0, 0.1) is 16.0 Å². The molecule has 0 saturated heterocycles. The van der Waals surface area contributed by atoms with Gasteiger partial charge in [0, 0.05) is 32.4 Å². The third-order valence-electron chi connectivity index (χ3n) is 6.35. The van der Waals surface area contributed by atoms with Gasteiger partial charge >= 0.3 is 0 Å². The predicted octanol–water partition coefficient (Wildman–Crippen LogP) is 8.05. The maximum Gasteiger partial charge on any atom is 0.282 e. The fourth-order valence-corrected chi connectivity index (χ4v) is 7.41. The number of fused-ring (bicyclic) bond motifs is 3. The van der Waals surface area contributed by atoms with Gasteiger partial charge in [-0.3, -0.25) is 10.1 Å². The number of hydrogen-bond donors (Lipinski definition) is 1. The Morgan fingerprint density at radius 3 is 2.59 bits per heavy atom. The Morgan fingerprint density at radius 1 is 1.09 bits per heavy atom. The van der Waals surface area contributed by atoms with Gasteiger partial charge in [0.25, 0.3) is 5.69 Å². The normalized spacial score (nSPS) is 26.2. The van der Waals surface area contributed by atoms with Crippen molar-refractivity contribution in [3.8, 4) is 0 Å². The Morgan fingerprint density at radius 2 is 1.84 bits per heavy atom. The van der Waals surface area contributed by atoms with Crippen LogP contribution in [-0.4, -0.2) is 15.6 Å². The van der Waals surface area contributed by atoms with E-state index >= 15 is 0 Å². The van der Waals surface area contributed by atoms with Crippen molar-refractivity contribution in [2.75, 3.05) is 5.32 Å². The van der Waals surface area contributed by atoms with E-state index in [1.807, 2.05) is 30.3 Å². The number of nitrogens with zero attached hydrogens (tertiary/aromatic N) is 1. The summed E-state index contributed by atoms with van der Waals surface area (Å²) in [6, 6.07) is 21.2. The molecule has 0 amide bonds. The summed E-state index contributed by atoms with van der Waals surface area (Å²) in [6.45, 7) is 0. The number of benzene rings is 3. The largest absolute Gasteiger partial charge is 0.378 e. The molecule has 0 radical (unpaired) electrons. The van der Waals surface area contributed by atoms with Gasteiger partial charge in [0.2, 0.25) is 0 Å². The zero-order valence-corrected chi connectivity index (χ0v) is 20.7. The number of hydrogen-bond acceptors (Lipinski definition) is 4. The number of thioether (sulfide) groups is 1. The number of nitro benzene ring substituents is 1. The first-order valence-electron chi connectivity index (χ1n) is 10.3. The maximum absolute atomic E-state index is 11.5. The Balaban J connectivity index is 1.53. The molecule has 1 aliphatic carbocycles. The second-order valence-electron chi connectivity index (χ2n) is 8.16. The first-order valence-corrected chi connectivity index (χ1v) is 12.8. The smallest absolute Gasteiger partial charge is 0.282 e. The standard InChI is InChI=1S/C24H19BrCl2N2O2S/c25-14-7-10-18-16(11-14)22-17(24(28-18)13-5-8-15(26)9-6-13)12-21(23(22)27)32-20-4-2-1-3-19(20)29(30)31/h1-11,17,21-24,28H,12H2/t17-,21+,22+,23+,24-/m0/s1. The van der Waals surface area contributed by atoms with Crippen molar-refractivity contribution in [2.24, 2.45) is 5.92 Å². The van der Waals surface area contributed by atoms with Crippen molar-refractivity contribution in [3.63, 3.8) is 0 Å². The highest BCUT2D eigenvalue weighted by molar-refractivity contribution is 9.10. The van der Waals surface area contributed by atoms with E-state index in [-0.39, 0.29) is 39.1 Å². The summed E-state index contributed by atoms with van der Waals surface area (Å²) in [7, 11) is 0. The number of nitro groups is 1. The van der Waals surface area contributed by atoms with Gasteiger partial charge in [-0.15, -0.1) is 23.4 Å². The Hall–Kier alpha value is -1.73. The summed E-state index contributed by atoms with van der Waals surface area (Å²) in [6.07, 6.45) is 0.849. The molecule has 32 heavy (non-hydrogen) atoms. The van der Waals surface area contributed by atoms with Crippen LogP contribution in [0.1, 0.15) is 29.5 Å². The molecule has 164 valence electrons. The minimum atomic E-state index is -0.321. The summed E-state index contributed by atoms with van der Waals surface area (Å²) in [5, 5.41) is 15.9. The first-order chi connectivity index (χ1) is 15.4. The molecule has 3 aromatic carbocycles. The van der Waals surface area contributed by atoms with E-state index in [9.17, 15) is 10.1 Å². The summed E-state index contributed by atoms with van der Waals surface area (Å²) in [4.78, 5) is 11.9. The minimum absolute atomic E-state index is 0.0503. The van der Waals surface area contributed by atoms with Crippen LogP contribution in [0.4, 0.5) is 11.4 Å². The van der Waals surface area contributed by atoms with Gasteiger partial charge in [-0.05, 0) is 59.9 Å². The van der Waals surface area contributed by atoms with Gasteiger partial charge in [0.15, 0.2) is 0 Å². The molecule has 0 unspecified atom stereocenters. The van der Waals surface area contributed by atoms with Gasteiger partial charge in [-0.1, -0.05) is 51.8 Å². The lowest BCUT2D eigenvalue weighted by atomic mass is 9.77. The van der Waals surface area contributed by atoms with Crippen LogP contribution in [0.15, 0.2) is 76.1 Å². The first kappa shape index (κ1) is 22.1. The highest BCUT2D eigenvalue weighted by atomic mass is 79.9. The topological polar surface area (TPSA) is 55.2 Å². The van der Waals surface area contributed by atoms with E-state index < -0.39 is 0 Å². The van der Waals surface area contributed by atoms with Gasteiger partial charge in [0.05, 0.1) is 21.2 Å². The van der Waals surface area contributed by atoms with Crippen molar-refractivity contribution in [3.05, 3.63) is 97.5 Å². The molecular weight excluding hydrogens is 531 g/mol. The summed E-state index contributed by atoms with van der Waals surface area (Å²) < 4.78 is 1.01. The second-order valence-corrected chi connectivity index (χ2v) is 11.3. The van der Waals surface area contributed by atoms with Gasteiger partial charge in [0.1, 0.15) is 0 Å². The van der Waals surface area contributed by atoms with E-state index in [4.69, 9.17) is 23.2 Å². The third-order valence-corrected chi connectivity index (χ3v) is 9.20. The van der Waals surface area contributed by atoms with E-state index in [0.717, 1.165) is 22.1 Å². The highest BCUT2D eigenvalue weighted by Gasteiger charge is 2.50. The van der Waals surface area contributed by atoms with Gasteiger partial charge in [-0.25, -0.2) is 0 Å². The Kier molecular flexibility index (Phi) is 6.14. The zero-order valence-electron chi connectivity index (χ0n) is 16.8. The van der Waals surface area contributed by atoms with Crippen molar-refractivity contribution in [2.45, 2.75) is 33.9 Å². The molecule has 1 heterocycles. The molecule has 1 N–H and O–H groups in total. The molecular formula is C24H19BrCl2N2O2S. The van der Waals surface area contributed by atoms with Crippen LogP contribution in [0.25, 0.3) is 0 Å². The minimum Gasteiger partial charge on any atom is -0.378 e. The lowest BCUT2D eigenvalue weighted by Crippen LogP contribution is -2.31. The molecule has 0 bridgehead atoms. The SMILES string of the molecule is O=[N+]([O-])c1ccccc1S[C@@H]1C[C@H]2[C@@H](c3cc(Br)ccc3N[C@H]2c2ccc(Cl)cc2)[C@@H]1Cl. The van der Waals surface area contributed by atoms with Gasteiger partial charge in [-0.2, -0.15) is 0 Å². The molecule has 5 atom stereocenters. The van der Waals surface area contributed by atoms with Crippen LogP contribution in [-0.2, 0) is 0 Å². The summed E-state index contributed by atoms with van der Waals surface area (Å²) >= 11 is 18.4. The quantitative estimate of drug-likeness (QED) is 0.203. The zero-order chi connectivity index (χ0) is 22.4. The van der Waals surface area contributed by atoms with E-state index in [0.29, 0.717) is 9.92 Å². The Labute approximate surface area is 209 Å². The van der Waals surface area contributed by atoms with Crippen molar-refractivity contribution in [1.29, 1.82) is 0 Å². The van der Waals surface area contributed by atoms with E-state index in [1.165, 1.54) is 17.3 Å².